The second-order valence-corrected chi connectivity index (χ2v) is 3.65. The Kier molecular flexibility index (Phi) is 3.94. The number of nitrogens with zero attached hydrogens (tertiary/aromatic N) is 2. The van der Waals surface area contributed by atoms with Crippen molar-refractivity contribution >= 4 is 34.9 Å². The molecule has 0 spiro atoms. The molecule has 0 aliphatic carbocycles. The summed E-state index contributed by atoms with van der Waals surface area (Å²) in [4.78, 5) is 0. The Balaban J connectivity index is 3.02. The molecule has 1 aromatic rings. The Bertz CT molecular complexity index is 422. The van der Waals surface area contributed by atoms with E-state index in [9.17, 15) is 0 Å². The van der Waals surface area contributed by atoms with Crippen LogP contribution in [0, 0.1) is 0 Å². The molecular weight excluding hydrogens is 235 g/mol. The number of nitrogens with two attached hydrogens (primary N) is 2. The molecule has 0 aliphatic heterocycles. The van der Waals surface area contributed by atoms with Gasteiger partial charge in [-0.15, -0.1) is 5.10 Å². The quantitative estimate of drug-likeness (QED) is 0.475. The maximum atomic E-state index is 5.85. The predicted octanol–water partition coefficient (Wildman–Crippen LogP) is 1.99. The van der Waals surface area contributed by atoms with E-state index >= 15 is 0 Å². The molecule has 0 saturated carbocycles. The van der Waals surface area contributed by atoms with Gasteiger partial charge >= 0.3 is 0 Å². The van der Waals surface area contributed by atoms with E-state index in [4.69, 9.17) is 34.7 Å². The van der Waals surface area contributed by atoms with Crippen LogP contribution in [0.4, 0.5) is 0 Å². The molecule has 1 rings (SSSR count). The van der Waals surface area contributed by atoms with Crippen LogP contribution in [0.15, 0.2) is 28.4 Å². The number of halogens is 2. The smallest absolute Gasteiger partial charge is 0.211 e. The van der Waals surface area contributed by atoms with Crippen LogP contribution in [0.1, 0.15) is 12.5 Å². The maximum absolute atomic E-state index is 5.85. The third kappa shape index (κ3) is 3.42. The molecule has 0 fully saturated rings. The Morgan fingerprint density at radius 3 is 2.33 bits per heavy atom. The summed E-state index contributed by atoms with van der Waals surface area (Å²) in [5, 5.41) is 8.32. The molecule has 0 aliphatic rings. The van der Waals surface area contributed by atoms with E-state index in [1.807, 2.05) is 0 Å². The highest BCUT2D eigenvalue weighted by Crippen LogP contribution is 2.22. The normalized spacial score (nSPS) is 11.3. The first-order valence-electron chi connectivity index (χ1n) is 4.09. The minimum absolute atomic E-state index is 0.0885. The minimum Gasteiger partial charge on any atom is -0.369 e. The highest BCUT2D eigenvalue weighted by molar-refractivity contribution is 6.42. The molecule has 0 amide bonds. The fourth-order valence-corrected chi connectivity index (χ4v) is 1.21. The number of hydrogen-bond donors (Lipinski definition) is 2. The van der Waals surface area contributed by atoms with Crippen LogP contribution < -0.4 is 11.5 Å². The summed E-state index contributed by atoms with van der Waals surface area (Å²) in [5.74, 6) is -0.0885. The van der Waals surface area contributed by atoms with Crippen molar-refractivity contribution in [2.24, 2.45) is 21.7 Å². The summed E-state index contributed by atoms with van der Waals surface area (Å²) in [5.41, 5.74) is 11.8. The van der Waals surface area contributed by atoms with E-state index in [0.29, 0.717) is 15.8 Å². The molecule has 15 heavy (non-hydrogen) atoms. The first-order valence-corrected chi connectivity index (χ1v) is 4.85. The molecule has 1 aromatic carbocycles. The van der Waals surface area contributed by atoms with Gasteiger partial charge < -0.3 is 11.5 Å². The van der Waals surface area contributed by atoms with Crippen LogP contribution in [0.2, 0.25) is 10.0 Å². The van der Waals surface area contributed by atoms with Gasteiger partial charge in [-0.05, 0) is 24.6 Å². The van der Waals surface area contributed by atoms with Gasteiger partial charge in [0.2, 0.25) is 5.96 Å². The molecule has 0 bridgehead atoms. The molecule has 80 valence electrons. The molecule has 0 saturated heterocycles. The largest absolute Gasteiger partial charge is 0.369 e. The SMILES string of the molecule is C/C(=N/N=C(N)N)c1ccc(Cl)c(Cl)c1. The number of rotatable bonds is 2. The third-order valence-corrected chi connectivity index (χ3v) is 2.39. The van der Waals surface area contributed by atoms with E-state index in [-0.39, 0.29) is 5.96 Å². The minimum atomic E-state index is -0.0885. The monoisotopic (exact) mass is 244 g/mol. The van der Waals surface area contributed by atoms with Crippen molar-refractivity contribution in [3.63, 3.8) is 0 Å². The molecule has 4 N–H and O–H groups in total. The summed E-state index contributed by atoms with van der Waals surface area (Å²) in [6, 6.07) is 5.17. The number of hydrogen-bond acceptors (Lipinski definition) is 2. The fraction of sp³-hybridized carbons (Fsp3) is 0.111. The molecule has 0 radical (unpaired) electrons. The van der Waals surface area contributed by atoms with E-state index in [0.717, 1.165) is 5.56 Å². The molecule has 0 unspecified atom stereocenters. The summed E-state index contributed by atoms with van der Waals surface area (Å²) in [6.07, 6.45) is 0. The summed E-state index contributed by atoms with van der Waals surface area (Å²) >= 11 is 11.6. The van der Waals surface area contributed by atoms with E-state index in [2.05, 4.69) is 10.2 Å². The first kappa shape index (κ1) is 11.8. The van der Waals surface area contributed by atoms with Gasteiger partial charge in [-0.1, -0.05) is 29.3 Å². The van der Waals surface area contributed by atoms with Crippen LogP contribution in [-0.4, -0.2) is 11.7 Å². The van der Waals surface area contributed by atoms with Crippen LogP contribution >= 0.6 is 23.2 Å². The van der Waals surface area contributed by atoms with Crippen molar-refractivity contribution < 1.29 is 0 Å². The molecular formula is C9H10Cl2N4. The molecule has 0 aromatic heterocycles. The highest BCUT2D eigenvalue weighted by Gasteiger charge is 2.01. The molecule has 4 nitrogen and oxygen atoms in total. The lowest BCUT2D eigenvalue weighted by molar-refractivity contribution is 1.20. The predicted molar refractivity (Wildman–Crippen MR) is 64.5 cm³/mol. The standard InChI is InChI=1S/C9H10Cl2N4/c1-5(14-15-9(12)13)6-2-3-7(10)8(11)4-6/h2-4H,1H3,(H4,12,13,15)/b14-5-. The van der Waals surface area contributed by atoms with Crippen molar-refractivity contribution in [2.75, 3.05) is 0 Å². The van der Waals surface area contributed by atoms with Gasteiger partial charge in [0.25, 0.3) is 0 Å². The highest BCUT2D eigenvalue weighted by atomic mass is 35.5. The average molecular weight is 245 g/mol. The summed E-state index contributed by atoms with van der Waals surface area (Å²) in [6.45, 7) is 1.77. The van der Waals surface area contributed by atoms with Crippen molar-refractivity contribution in [3.05, 3.63) is 33.8 Å². The van der Waals surface area contributed by atoms with Crippen LogP contribution in [0.3, 0.4) is 0 Å². The van der Waals surface area contributed by atoms with Gasteiger partial charge in [0.15, 0.2) is 0 Å². The Hall–Kier alpha value is -1.26. The van der Waals surface area contributed by atoms with Crippen LogP contribution in [-0.2, 0) is 0 Å². The zero-order chi connectivity index (χ0) is 11.4. The molecule has 0 heterocycles. The van der Waals surface area contributed by atoms with Crippen molar-refractivity contribution in [1.82, 2.24) is 0 Å². The fourth-order valence-electron chi connectivity index (χ4n) is 0.912. The van der Waals surface area contributed by atoms with Crippen molar-refractivity contribution in [3.8, 4) is 0 Å². The topological polar surface area (TPSA) is 76.8 Å². The zero-order valence-electron chi connectivity index (χ0n) is 8.04. The Morgan fingerprint density at radius 1 is 1.13 bits per heavy atom. The molecule has 6 heteroatoms. The van der Waals surface area contributed by atoms with Gasteiger partial charge in [-0.2, -0.15) is 5.10 Å². The van der Waals surface area contributed by atoms with E-state index in [1.54, 1.807) is 25.1 Å². The summed E-state index contributed by atoms with van der Waals surface area (Å²) < 4.78 is 0. The molecule has 0 atom stereocenters. The van der Waals surface area contributed by atoms with Crippen LogP contribution in [0.5, 0.6) is 0 Å². The van der Waals surface area contributed by atoms with Crippen LogP contribution in [0.25, 0.3) is 0 Å². The van der Waals surface area contributed by atoms with Gasteiger partial charge in [0, 0.05) is 0 Å². The first-order chi connectivity index (χ1) is 7.00. The number of guanidine groups is 1. The maximum Gasteiger partial charge on any atom is 0.211 e. The second-order valence-electron chi connectivity index (χ2n) is 2.84. The average Bonchev–Trinajstić information content (AvgIpc) is 2.18. The zero-order valence-corrected chi connectivity index (χ0v) is 9.55. The van der Waals surface area contributed by atoms with Gasteiger partial charge in [0.1, 0.15) is 0 Å². The van der Waals surface area contributed by atoms with Gasteiger partial charge in [0.05, 0.1) is 15.8 Å². The Morgan fingerprint density at radius 2 is 1.80 bits per heavy atom. The third-order valence-electron chi connectivity index (χ3n) is 1.65. The van der Waals surface area contributed by atoms with Crippen molar-refractivity contribution in [1.29, 1.82) is 0 Å². The van der Waals surface area contributed by atoms with Gasteiger partial charge in [-0.3, -0.25) is 0 Å². The van der Waals surface area contributed by atoms with E-state index < -0.39 is 0 Å². The lowest BCUT2D eigenvalue weighted by Crippen LogP contribution is -2.22. The summed E-state index contributed by atoms with van der Waals surface area (Å²) in [7, 11) is 0. The lowest BCUT2D eigenvalue weighted by atomic mass is 10.1. The lowest BCUT2D eigenvalue weighted by Gasteiger charge is -2.00. The number of benzene rings is 1. The Labute approximate surface area is 97.6 Å². The van der Waals surface area contributed by atoms with Crippen molar-refractivity contribution in [2.45, 2.75) is 6.92 Å². The van der Waals surface area contributed by atoms with E-state index in [1.165, 1.54) is 0 Å². The van der Waals surface area contributed by atoms with Gasteiger partial charge in [-0.25, -0.2) is 0 Å². The second kappa shape index (κ2) is 5.00.